The number of halogens is 1. The largest absolute Gasteiger partial charge is 0.393 e. The molecule has 0 heterocycles. The Balaban J connectivity index is 4.03. The number of rotatable bonds is 12. The molecule has 0 fully saturated rings. The van der Waals surface area contributed by atoms with Crippen molar-refractivity contribution in [2.45, 2.75) is 77.5 Å². The first-order valence-corrected chi connectivity index (χ1v) is 8.30. The van der Waals surface area contributed by atoms with Gasteiger partial charge in [0.05, 0.1) is 19.3 Å². The second kappa shape index (κ2) is 12.3. The van der Waals surface area contributed by atoms with Crippen LogP contribution in [0.2, 0.25) is 0 Å². The van der Waals surface area contributed by atoms with E-state index in [0.717, 1.165) is 38.7 Å². The van der Waals surface area contributed by atoms with E-state index in [2.05, 4.69) is 36.7 Å². The number of aliphatic hydroxyl groups excluding tert-OH is 1. The summed E-state index contributed by atoms with van der Waals surface area (Å²) in [6.45, 7) is 7.14. The monoisotopic (exact) mass is 387 g/mol. The molecule has 0 aliphatic heterocycles. The summed E-state index contributed by atoms with van der Waals surface area (Å²) in [6, 6.07) is 0.234. The summed E-state index contributed by atoms with van der Waals surface area (Å²) < 4.78 is 7.57. The standard InChI is InChI=1S/C14H30INO3/c1-5-7-10-19-12(3)8-9-13(16(15)18-4)11-14(17)6-2/h12-14,17H,5-11H2,1-4H3. The first kappa shape index (κ1) is 19.6. The Morgan fingerprint density at radius 3 is 2.47 bits per heavy atom. The van der Waals surface area contributed by atoms with Gasteiger partial charge < -0.3 is 9.84 Å². The van der Waals surface area contributed by atoms with E-state index in [9.17, 15) is 5.11 Å². The van der Waals surface area contributed by atoms with Crippen LogP contribution in [0.5, 0.6) is 0 Å². The molecule has 3 unspecified atom stereocenters. The van der Waals surface area contributed by atoms with E-state index in [1.807, 2.05) is 10.2 Å². The lowest BCUT2D eigenvalue weighted by atomic mass is 10.0. The first-order chi connectivity index (χ1) is 9.04. The fourth-order valence-electron chi connectivity index (χ4n) is 1.87. The van der Waals surface area contributed by atoms with Gasteiger partial charge in [-0.15, -0.1) is 3.28 Å². The quantitative estimate of drug-likeness (QED) is 0.240. The SMILES string of the molecule is CCCCOC(C)CCC(CC(O)CC)N(I)OC. The summed E-state index contributed by atoms with van der Waals surface area (Å²) in [4.78, 5) is 5.26. The molecular weight excluding hydrogens is 357 g/mol. The molecule has 0 aliphatic carbocycles. The molecule has 0 radical (unpaired) electrons. The molecule has 0 saturated carbocycles. The minimum Gasteiger partial charge on any atom is -0.393 e. The van der Waals surface area contributed by atoms with Crippen LogP contribution in [0.3, 0.4) is 0 Å². The molecule has 4 nitrogen and oxygen atoms in total. The summed E-state index contributed by atoms with van der Waals surface area (Å²) in [5.41, 5.74) is 0. The maximum absolute atomic E-state index is 9.79. The van der Waals surface area contributed by atoms with E-state index in [4.69, 9.17) is 9.57 Å². The number of nitrogens with zero attached hydrogens (tertiary/aromatic N) is 1. The molecule has 116 valence electrons. The van der Waals surface area contributed by atoms with Gasteiger partial charge in [-0.3, -0.25) is 4.84 Å². The summed E-state index contributed by atoms with van der Waals surface area (Å²) in [5, 5.41) is 9.79. The molecule has 0 aromatic heterocycles. The summed E-state index contributed by atoms with van der Waals surface area (Å²) in [7, 11) is 1.67. The topological polar surface area (TPSA) is 41.9 Å². The van der Waals surface area contributed by atoms with Crippen LogP contribution in [0.15, 0.2) is 0 Å². The van der Waals surface area contributed by atoms with E-state index in [1.54, 1.807) is 7.11 Å². The van der Waals surface area contributed by atoms with Gasteiger partial charge in [0.25, 0.3) is 0 Å². The number of hydroxylamine groups is 1. The highest BCUT2D eigenvalue weighted by molar-refractivity contribution is 14.1. The van der Waals surface area contributed by atoms with Gasteiger partial charge in [0, 0.05) is 35.5 Å². The highest BCUT2D eigenvalue weighted by Crippen LogP contribution is 2.20. The smallest absolute Gasteiger partial charge is 0.0584 e. The molecule has 1 N–H and O–H groups in total. The van der Waals surface area contributed by atoms with Crippen LogP contribution in [-0.2, 0) is 9.57 Å². The van der Waals surface area contributed by atoms with Crippen molar-refractivity contribution in [1.82, 2.24) is 3.28 Å². The van der Waals surface area contributed by atoms with Crippen LogP contribution in [-0.4, -0.2) is 40.3 Å². The molecule has 0 aromatic rings. The van der Waals surface area contributed by atoms with Crippen LogP contribution in [0.1, 0.15) is 59.3 Å². The molecule has 0 amide bonds. The number of unbranched alkanes of at least 4 members (excludes halogenated alkanes) is 1. The van der Waals surface area contributed by atoms with Crippen molar-refractivity contribution < 1.29 is 14.7 Å². The molecule has 19 heavy (non-hydrogen) atoms. The molecule has 0 spiro atoms. The van der Waals surface area contributed by atoms with Crippen molar-refractivity contribution in [2.75, 3.05) is 13.7 Å². The van der Waals surface area contributed by atoms with Crippen molar-refractivity contribution in [3.05, 3.63) is 0 Å². The summed E-state index contributed by atoms with van der Waals surface area (Å²) in [6.07, 6.45) is 5.81. The van der Waals surface area contributed by atoms with E-state index in [-0.39, 0.29) is 18.2 Å². The third kappa shape index (κ3) is 10.0. The first-order valence-electron chi connectivity index (χ1n) is 7.33. The maximum Gasteiger partial charge on any atom is 0.0584 e. The molecule has 0 rings (SSSR count). The summed E-state index contributed by atoms with van der Waals surface area (Å²) >= 11 is 2.16. The average Bonchev–Trinajstić information content (AvgIpc) is 2.42. The molecule has 0 aliphatic rings. The predicted octanol–water partition coefficient (Wildman–Crippen LogP) is 3.71. The Hall–Kier alpha value is 0.570. The lowest BCUT2D eigenvalue weighted by Crippen LogP contribution is -2.31. The second-order valence-electron chi connectivity index (χ2n) is 5.02. The highest BCUT2D eigenvalue weighted by atomic mass is 127. The van der Waals surface area contributed by atoms with E-state index < -0.39 is 0 Å². The third-order valence-electron chi connectivity index (χ3n) is 3.28. The number of hydrogen-bond donors (Lipinski definition) is 1. The van der Waals surface area contributed by atoms with E-state index in [1.165, 1.54) is 6.42 Å². The molecule has 0 bridgehead atoms. The fourth-order valence-corrected chi connectivity index (χ4v) is 2.38. The van der Waals surface area contributed by atoms with Gasteiger partial charge in [-0.2, -0.15) is 0 Å². The van der Waals surface area contributed by atoms with Crippen LogP contribution in [0, 0.1) is 0 Å². The second-order valence-corrected chi connectivity index (χ2v) is 5.97. The maximum atomic E-state index is 9.79. The normalized spacial score (nSPS) is 16.6. The Morgan fingerprint density at radius 2 is 1.95 bits per heavy atom. The van der Waals surface area contributed by atoms with Crippen LogP contribution >= 0.6 is 22.9 Å². The Kier molecular flexibility index (Phi) is 12.7. The van der Waals surface area contributed by atoms with Gasteiger partial charge in [0.15, 0.2) is 0 Å². The zero-order valence-corrected chi connectivity index (χ0v) is 14.9. The van der Waals surface area contributed by atoms with Gasteiger partial charge in [0.2, 0.25) is 0 Å². The lowest BCUT2D eigenvalue weighted by molar-refractivity contribution is -0.0671. The predicted molar refractivity (Wildman–Crippen MR) is 87.1 cm³/mol. The fraction of sp³-hybridized carbons (Fsp3) is 1.00. The number of aliphatic hydroxyl groups is 1. The number of ether oxygens (including phenoxy) is 1. The molecule has 3 atom stereocenters. The molecule has 0 aromatic carbocycles. The molecular formula is C14H30INO3. The third-order valence-corrected chi connectivity index (χ3v) is 4.47. The van der Waals surface area contributed by atoms with Crippen molar-refractivity contribution in [3.63, 3.8) is 0 Å². The van der Waals surface area contributed by atoms with Crippen LogP contribution in [0.25, 0.3) is 0 Å². The van der Waals surface area contributed by atoms with Gasteiger partial charge in [-0.1, -0.05) is 20.3 Å². The van der Waals surface area contributed by atoms with Crippen LogP contribution in [0.4, 0.5) is 0 Å². The van der Waals surface area contributed by atoms with E-state index >= 15 is 0 Å². The lowest BCUT2D eigenvalue weighted by Gasteiger charge is -2.26. The summed E-state index contributed by atoms with van der Waals surface area (Å²) in [5.74, 6) is 0. The van der Waals surface area contributed by atoms with Gasteiger partial charge >= 0.3 is 0 Å². The van der Waals surface area contributed by atoms with Crippen LogP contribution < -0.4 is 0 Å². The van der Waals surface area contributed by atoms with E-state index in [0.29, 0.717) is 0 Å². The van der Waals surface area contributed by atoms with Crippen molar-refractivity contribution in [1.29, 1.82) is 0 Å². The Morgan fingerprint density at radius 1 is 1.26 bits per heavy atom. The van der Waals surface area contributed by atoms with Crippen molar-refractivity contribution in [3.8, 4) is 0 Å². The Bertz CT molecular complexity index is 207. The number of hydrogen-bond acceptors (Lipinski definition) is 4. The van der Waals surface area contributed by atoms with Gasteiger partial charge in [-0.25, -0.2) is 0 Å². The average molecular weight is 387 g/mol. The van der Waals surface area contributed by atoms with Gasteiger partial charge in [0.1, 0.15) is 0 Å². The minimum absolute atomic E-state index is 0.234. The van der Waals surface area contributed by atoms with Crippen molar-refractivity contribution in [2.24, 2.45) is 0 Å². The zero-order chi connectivity index (χ0) is 14.7. The van der Waals surface area contributed by atoms with Crippen molar-refractivity contribution >= 4 is 22.9 Å². The zero-order valence-electron chi connectivity index (χ0n) is 12.8. The molecule has 5 heteroatoms. The minimum atomic E-state index is -0.256. The van der Waals surface area contributed by atoms with Gasteiger partial charge in [-0.05, 0) is 39.0 Å². The highest BCUT2D eigenvalue weighted by Gasteiger charge is 2.20. The Labute approximate surface area is 132 Å². The molecule has 0 saturated heterocycles.